The molecule has 4 rings (SSSR count). The van der Waals surface area contributed by atoms with Crippen molar-refractivity contribution in [1.82, 2.24) is 0 Å². The number of benzene rings is 3. The average Bonchev–Trinajstić information content (AvgIpc) is 2.70. The average molecular weight is 346 g/mol. The van der Waals surface area contributed by atoms with Crippen LogP contribution in [0.2, 0.25) is 0 Å². The van der Waals surface area contributed by atoms with E-state index in [-0.39, 0.29) is 12.6 Å². The van der Waals surface area contributed by atoms with E-state index in [1.54, 1.807) is 0 Å². The number of ether oxygens (including phenoxy) is 3. The van der Waals surface area contributed by atoms with Gasteiger partial charge in [0.05, 0.1) is 0 Å². The molecule has 1 heterocycles. The van der Waals surface area contributed by atoms with Crippen LogP contribution < -0.4 is 9.47 Å². The van der Waals surface area contributed by atoms with Crippen LogP contribution in [0.25, 0.3) is 0 Å². The number of carbonyl (C=O) groups excluding carboxylic acids is 1. The molecule has 0 atom stereocenters. The first-order valence-corrected chi connectivity index (χ1v) is 8.53. The summed E-state index contributed by atoms with van der Waals surface area (Å²) in [7, 11) is 0. The Morgan fingerprint density at radius 1 is 0.769 bits per heavy atom. The summed E-state index contributed by atoms with van der Waals surface area (Å²) in [5.41, 5.74) is 1.64. The van der Waals surface area contributed by atoms with Crippen molar-refractivity contribution in [2.45, 2.75) is 5.92 Å². The quantitative estimate of drug-likeness (QED) is 0.502. The van der Waals surface area contributed by atoms with Crippen molar-refractivity contribution < 1.29 is 19.0 Å². The highest BCUT2D eigenvalue weighted by molar-refractivity contribution is 5.85. The largest absolute Gasteiger partial charge is 0.490 e. The Morgan fingerprint density at radius 2 is 1.35 bits per heavy atom. The van der Waals surface area contributed by atoms with E-state index in [1.807, 2.05) is 78.9 Å². The van der Waals surface area contributed by atoms with Crippen LogP contribution in [-0.4, -0.2) is 19.2 Å². The van der Waals surface area contributed by atoms with Gasteiger partial charge in [-0.1, -0.05) is 54.6 Å². The fraction of sp³-hybridized carbons (Fsp3) is 0.136. The molecular formula is C22H18O4. The molecule has 0 saturated heterocycles. The van der Waals surface area contributed by atoms with E-state index in [9.17, 15) is 4.79 Å². The van der Waals surface area contributed by atoms with Gasteiger partial charge in [0.1, 0.15) is 36.4 Å². The van der Waals surface area contributed by atoms with Crippen molar-refractivity contribution >= 4 is 5.97 Å². The van der Waals surface area contributed by atoms with Gasteiger partial charge < -0.3 is 14.2 Å². The summed E-state index contributed by atoms with van der Waals surface area (Å²) in [6, 6.07) is 24.6. The molecule has 0 spiro atoms. The number of para-hydroxylation sites is 3. The lowest BCUT2D eigenvalue weighted by Gasteiger charge is -2.26. The van der Waals surface area contributed by atoms with Crippen molar-refractivity contribution in [2.24, 2.45) is 0 Å². The predicted octanol–water partition coefficient (Wildman–Crippen LogP) is 4.55. The van der Waals surface area contributed by atoms with Crippen LogP contribution >= 0.6 is 0 Å². The molecule has 26 heavy (non-hydrogen) atoms. The van der Waals surface area contributed by atoms with Gasteiger partial charge in [-0.3, -0.25) is 4.79 Å². The number of hydrogen-bond donors (Lipinski definition) is 0. The normalized spacial score (nSPS) is 12.5. The first-order chi connectivity index (χ1) is 12.8. The summed E-state index contributed by atoms with van der Waals surface area (Å²) in [6.07, 6.45) is 0. The molecule has 0 radical (unpaired) electrons. The van der Waals surface area contributed by atoms with Crippen LogP contribution in [0, 0.1) is 0 Å². The number of hydrogen-bond acceptors (Lipinski definition) is 4. The lowest BCUT2D eigenvalue weighted by molar-refractivity contribution is -0.145. The predicted molar refractivity (Wildman–Crippen MR) is 97.7 cm³/mol. The molecule has 0 aromatic heterocycles. The summed E-state index contributed by atoms with van der Waals surface area (Å²) in [5, 5.41) is 0. The van der Waals surface area contributed by atoms with Crippen molar-refractivity contribution in [3.8, 4) is 17.2 Å². The molecule has 4 heteroatoms. The second kappa shape index (κ2) is 7.31. The van der Waals surface area contributed by atoms with Gasteiger partial charge in [-0.25, -0.2) is 0 Å². The van der Waals surface area contributed by atoms with E-state index in [2.05, 4.69) is 0 Å². The lowest BCUT2D eigenvalue weighted by atomic mass is 9.88. The van der Waals surface area contributed by atoms with Gasteiger partial charge in [-0.2, -0.15) is 0 Å². The minimum absolute atomic E-state index is 0.190. The van der Waals surface area contributed by atoms with E-state index in [0.29, 0.717) is 18.1 Å². The number of fused-ring (bicyclic) bond motifs is 2. The van der Waals surface area contributed by atoms with Crippen molar-refractivity contribution in [1.29, 1.82) is 0 Å². The highest BCUT2D eigenvalue weighted by Crippen LogP contribution is 2.44. The smallest absolute Gasteiger partial charge is 0.318 e. The monoisotopic (exact) mass is 346 g/mol. The maximum Gasteiger partial charge on any atom is 0.318 e. The fourth-order valence-electron chi connectivity index (χ4n) is 3.07. The molecule has 130 valence electrons. The molecule has 0 amide bonds. The molecule has 1 aliphatic rings. The Morgan fingerprint density at radius 3 is 2.00 bits per heavy atom. The minimum Gasteiger partial charge on any atom is -0.490 e. The second-order valence-electron chi connectivity index (χ2n) is 5.94. The summed E-state index contributed by atoms with van der Waals surface area (Å²) in [5.74, 6) is 1.34. The lowest BCUT2D eigenvalue weighted by Crippen LogP contribution is -2.23. The zero-order valence-electron chi connectivity index (χ0n) is 14.1. The highest BCUT2D eigenvalue weighted by Gasteiger charge is 2.33. The summed E-state index contributed by atoms with van der Waals surface area (Å²) < 4.78 is 17.0. The number of esters is 1. The molecule has 0 fully saturated rings. The molecule has 3 aromatic rings. The Kier molecular flexibility index (Phi) is 4.56. The maximum absolute atomic E-state index is 12.8. The SMILES string of the molecule is O=C(OCCOc1ccccc1)C1c2ccccc2Oc2ccccc21. The summed E-state index contributed by atoms with van der Waals surface area (Å²) >= 11 is 0. The van der Waals surface area contributed by atoms with E-state index >= 15 is 0 Å². The topological polar surface area (TPSA) is 44.8 Å². The fourth-order valence-corrected chi connectivity index (χ4v) is 3.07. The van der Waals surface area contributed by atoms with Crippen LogP contribution in [-0.2, 0) is 9.53 Å². The second-order valence-corrected chi connectivity index (χ2v) is 5.94. The molecule has 3 aromatic carbocycles. The summed E-state index contributed by atoms with van der Waals surface area (Å²) in [6.45, 7) is 0.498. The Bertz CT molecular complexity index is 859. The van der Waals surface area contributed by atoms with Gasteiger partial charge in [-0.05, 0) is 24.3 Å². The molecule has 0 N–H and O–H groups in total. The molecule has 0 saturated carbocycles. The third kappa shape index (κ3) is 3.26. The molecule has 0 aliphatic carbocycles. The first-order valence-electron chi connectivity index (χ1n) is 8.53. The molecule has 4 nitrogen and oxygen atoms in total. The molecular weight excluding hydrogens is 328 g/mol. The third-order valence-electron chi connectivity index (χ3n) is 4.26. The zero-order chi connectivity index (χ0) is 17.8. The van der Waals surface area contributed by atoms with Crippen LogP contribution in [0.1, 0.15) is 17.0 Å². The van der Waals surface area contributed by atoms with Gasteiger partial charge in [0.2, 0.25) is 0 Å². The van der Waals surface area contributed by atoms with E-state index < -0.39 is 5.92 Å². The molecule has 1 aliphatic heterocycles. The molecule has 0 bridgehead atoms. The zero-order valence-corrected chi connectivity index (χ0v) is 14.1. The minimum atomic E-state index is -0.493. The Hall–Kier alpha value is -3.27. The van der Waals surface area contributed by atoms with Gasteiger partial charge >= 0.3 is 5.97 Å². The van der Waals surface area contributed by atoms with Crippen LogP contribution in [0.5, 0.6) is 17.2 Å². The van der Waals surface area contributed by atoms with Crippen molar-refractivity contribution in [2.75, 3.05) is 13.2 Å². The third-order valence-corrected chi connectivity index (χ3v) is 4.26. The summed E-state index contributed by atoms with van der Waals surface area (Å²) in [4.78, 5) is 12.8. The van der Waals surface area contributed by atoms with E-state index in [0.717, 1.165) is 16.9 Å². The van der Waals surface area contributed by atoms with E-state index in [4.69, 9.17) is 14.2 Å². The van der Waals surface area contributed by atoms with Crippen LogP contribution in [0.15, 0.2) is 78.9 Å². The van der Waals surface area contributed by atoms with Crippen molar-refractivity contribution in [3.05, 3.63) is 90.0 Å². The number of carbonyl (C=O) groups is 1. The molecule has 0 unspecified atom stereocenters. The van der Waals surface area contributed by atoms with Gasteiger partial charge in [0.25, 0.3) is 0 Å². The maximum atomic E-state index is 12.8. The van der Waals surface area contributed by atoms with Gasteiger partial charge in [0.15, 0.2) is 0 Å². The van der Waals surface area contributed by atoms with Crippen LogP contribution in [0.3, 0.4) is 0 Å². The highest BCUT2D eigenvalue weighted by atomic mass is 16.6. The number of rotatable bonds is 5. The first kappa shape index (κ1) is 16.2. The Balaban J connectivity index is 1.47. The Labute approximate surface area is 152 Å². The van der Waals surface area contributed by atoms with Crippen molar-refractivity contribution in [3.63, 3.8) is 0 Å². The van der Waals surface area contributed by atoms with Gasteiger partial charge in [-0.15, -0.1) is 0 Å². The van der Waals surface area contributed by atoms with Gasteiger partial charge in [0, 0.05) is 11.1 Å². The van der Waals surface area contributed by atoms with E-state index in [1.165, 1.54) is 0 Å². The standard InChI is InChI=1S/C22H18O4/c23-22(25-15-14-24-16-8-2-1-3-9-16)21-17-10-4-6-12-19(17)26-20-13-7-5-11-18(20)21/h1-13,21H,14-15H2. The van der Waals surface area contributed by atoms with Crippen LogP contribution in [0.4, 0.5) is 0 Å².